The second-order valence-electron chi connectivity index (χ2n) is 6.94. The van der Waals surface area contributed by atoms with Crippen LogP contribution in [0, 0.1) is 0 Å². The molecule has 0 spiro atoms. The number of carbonyl (C=O) groups excluding carboxylic acids is 1. The van der Waals surface area contributed by atoms with Crippen LogP contribution in [0.4, 0.5) is 5.69 Å². The zero-order valence-corrected chi connectivity index (χ0v) is 16.3. The van der Waals surface area contributed by atoms with Gasteiger partial charge in [-0.05, 0) is 36.2 Å². The van der Waals surface area contributed by atoms with Crippen LogP contribution in [0.1, 0.15) is 35.3 Å². The first kappa shape index (κ1) is 19.2. The van der Waals surface area contributed by atoms with Gasteiger partial charge in [-0.3, -0.25) is 9.69 Å². The zero-order chi connectivity index (χ0) is 19.1. The molecule has 1 amide bonds. The third-order valence-electron chi connectivity index (χ3n) is 5.03. The summed E-state index contributed by atoms with van der Waals surface area (Å²) in [6.07, 6.45) is 5.33. The van der Waals surface area contributed by atoms with Crippen molar-refractivity contribution in [3.63, 3.8) is 0 Å². The first-order valence-corrected chi connectivity index (χ1v) is 9.74. The Kier molecular flexibility index (Phi) is 6.66. The molecule has 0 bridgehead atoms. The topological polar surface area (TPSA) is 35.6 Å². The van der Waals surface area contributed by atoms with Gasteiger partial charge in [0.2, 0.25) is 0 Å². The number of carbonyl (C=O) groups is 1. The van der Waals surface area contributed by atoms with Crippen molar-refractivity contribution >= 4 is 11.6 Å². The number of benzene rings is 2. The minimum absolute atomic E-state index is 0.0310. The number of amides is 1. The number of hydrogen-bond donors (Lipinski definition) is 1. The number of anilines is 1. The molecular weight excluding hydrogens is 334 g/mol. The molecule has 1 aliphatic rings. The van der Waals surface area contributed by atoms with Crippen LogP contribution in [0.3, 0.4) is 0 Å². The molecule has 27 heavy (non-hydrogen) atoms. The third-order valence-corrected chi connectivity index (χ3v) is 5.03. The lowest BCUT2D eigenvalue weighted by atomic mass is 10.0. The van der Waals surface area contributed by atoms with E-state index in [4.69, 9.17) is 0 Å². The summed E-state index contributed by atoms with van der Waals surface area (Å²) in [6.45, 7) is 5.61. The van der Waals surface area contributed by atoms with Crippen molar-refractivity contribution in [3.8, 4) is 0 Å². The van der Waals surface area contributed by atoms with Gasteiger partial charge in [-0.2, -0.15) is 0 Å². The molecule has 0 radical (unpaired) electrons. The van der Waals surface area contributed by atoms with Gasteiger partial charge in [-0.25, -0.2) is 0 Å². The second-order valence-corrected chi connectivity index (χ2v) is 6.94. The summed E-state index contributed by atoms with van der Waals surface area (Å²) in [5.41, 5.74) is 3.01. The van der Waals surface area contributed by atoms with E-state index >= 15 is 0 Å². The van der Waals surface area contributed by atoms with E-state index in [0.717, 1.165) is 43.9 Å². The summed E-state index contributed by atoms with van der Waals surface area (Å²) in [6, 6.07) is 18.1. The van der Waals surface area contributed by atoms with Gasteiger partial charge in [0.25, 0.3) is 5.91 Å². The lowest BCUT2D eigenvalue weighted by Gasteiger charge is -2.35. The highest BCUT2D eigenvalue weighted by atomic mass is 16.2. The van der Waals surface area contributed by atoms with Crippen LogP contribution in [0.15, 0.2) is 66.7 Å². The van der Waals surface area contributed by atoms with Crippen molar-refractivity contribution < 1.29 is 4.79 Å². The van der Waals surface area contributed by atoms with E-state index < -0.39 is 0 Å². The van der Waals surface area contributed by atoms with E-state index in [9.17, 15) is 4.79 Å². The number of nitrogens with zero attached hydrogens (tertiary/aromatic N) is 2. The Morgan fingerprint density at radius 3 is 2.33 bits per heavy atom. The molecule has 4 heteroatoms. The van der Waals surface area contributed by atoms with Crippen LogP contribution in [0.25, 0.3) is 0 Å². The second kappa shape index (κ2) is 9.38. The minimum Gasteiger partial charge on any atom is -0.388 e. The van der Waals surface area contributed by atoms with Crippen LogP contribution < -0.4 is 5.32 Å². The Balaban J connectivity index is 1.92. The smallest absolute Gasteiger partial charge is 0.254 e. The lowest BCUT2D eigenvalue weighted by molar-refractivity contribution is 0.0637. The van der Waals surface area contributed by atoms with Crippen molar-refractivity contribution in [2.75, 3.05) is 38.5 Å². The predicted molar refractivity (Wildman–Crippen MR) is 112 cm³/mol. The van der Waals surface area contributed by atoms with Crippen LogP contribution in [-0.2, 0) is 0 Å². The molecule has 3 rings (SSSR count). The van der Waals surface area contributed by atoms with Crippen LogP contribution >= 0.6 is 0 Å². The van der Waals surface area contributed by atoms with Gasteiger partial charge < -0.3 is 10.2 Å². The Labute approximate surface area is 162 Å². The number of nitrogens with one attached hydrogen (secondary N) is 1. The number of rotatable bonds is 8. The molecule has 1 aliphatic heterocycles. The first-order chi connectivity index (χ1) is 13.2. The van der Waals surface area contributed by atoms with Crippen LogP contribution in [-0.4, -0.2) is 48.9 Å². The van der Waals surface area contributed by atoms with Crippen molar-refractivity contribution in [2.24, 2.45) is 0 Å². The molecule has 2 aromatic rings. The molecule has 2 aromatic carbocycles. The lowest BCUT2D eigenvalue weighted by Crippen LogP contribution is -2.41. The van der Waals surface area contributed by atoms with Gasteiger partial charge in [0, 0.05) is 44.5 Å². The number of hydrogen-bond acceptors (Lipinski definition) is 3. The van der Waals surface area contributed by atoms with Gasteiger partial charge >= 0.3 is 0 Å². The summed E-state index contributed by atoms with van der Waals surface area (Å²) in [5, 5.41) is 3.17. The molecule has 0 aliphatic carbocycles. The van der Waals surface area contributed by atoms with E-state index in [0.29, 0.717) is 0 Å². The van der Waals surface area contributed by atoms with Crippen LogP contribution in [0.2, 0.25) is 0 Å². The van der Waals surface area contributed by atoms with E-state index in [-0.39, 0.29) is 11.9 Å². The predicted octanol–water partition coefficient (Wildman–Crippen LogP) is 4.19. The highest BCUT2D eigenvalue weighted by molar-refractivity contribution is 5.94. The molecule has 142 valence electrons. The molecule has 0 fully saturated rings. The van der Waals surface area contributed by atoms with Crippen molar-refractivity contribution in [1.82, 2.24) is 9.80 Å². The molecule has 0 unspecified atom stereocenters. The Bertz CT molecular complexity index is 747. The monoisotopic (exact) mass is 363 g/mol. The SMILES string of the molecule is CCCN(C(=O)c1ccccc1)[C@H](CN1CC=CC1)c1ccc(NC)cc1. The maximum Gasteiger partial charge on any atom is 0.254 e. The fourth-order valence-electron chi connectivity index (χ4n) is 3.56. The first-order valence-electron chi connectivity index (χ1n) is 9.74. The van der Waals surface area contributed by atoms with Crippen molar-refractivity contribution in [2.45, 2.75) is 19.4 Å². The summed E-state index contributed by atoms with van der Waals surface area (Å²) >= 11 is 0. The van der Waals surface area contributed by atoms with Gasteiger partial charge in [-0.15, -0.1) is 0 Å². The van der Waals surface area contributed by atoms with Gasteiger partial charge in [-0.1, -0.05) is 49.4 Å². The molecule has 0 aromatic heterocycles. The van der Waals surface area contributed by atoms with Crippen LogP contribution in [0.5, 0.6) is 0 Å². The zero-order valence-electron chi connectivity index (χ0n) is 16.3. The summed E-state index contributed by atoms with van der Waals surface area (Å²) in [7, 11) is 1.92. The molecule has 0 saturated heterocycles. The average molecular weight is 364 g/mol. The van der Waals surface area contributed by atoms with Gasteiger partial charge in [0.15, 0.2) is 0 Å². The molecule has 0 saturated carbocycles. The van der Waals surface area contributed by atoms with E-state index in [1.165, 1.54) is 5.56 Å². The van der Waals surface area contributed by atoms with E-state index in [1.807, 2.05) is 42.3 Å². The molecule has 1 N–H and O–H groups in total. The normalized spacial score (nSPS) is 14.9. The highest BCUT2D eigenvalue weighted by Gasteiger charge is 2.27. The summed E-state index contributed by atoms with van der Waals surface area (Å²) in [5.74, 6) is 0.104. The quantitative estimate of drug-likeness (QED) is 0.714. The molecule has 1 atom stereocenters. The third kappa shape index (κ3) is 4.77. The fraction of sp³-hybridized carbons (Fsp3) is 0.348. The van der Waals surface area contributed by atoms with E-state index in [1.54, 1.807) is 0 Å². The minimum atomic E-state index is 0.0310. The molecule has 1 heterocycles. The summed E-state index contributed by atoms with van der Waals surface area (Å²) < 4.78 is 0. The Hall–Kier alpha value is -2.59. The highest BCUT2D eigenvalue weighted by Crippen LogP contribution is 2.26. The maximum atomic E-state index is 13.3. The molecular formula is C23H29N3O. The fourth-order valence-corrected chi connectivity index (χ4v) is 3.56. The summed E-state index contributed by atoms with van der Waals surface area (Å²) in [4.78, 5) is 17.8. The van der Waals surface area contributed by atoms with E-state index in [2.05, 4.69) is 53.6 Å². The Morgan fingerprint density at radius 2 is 1.74 bits per heavy atom. The van der Waals surface area contributed by atoms with Gasteiger partial charge in [0.05, 0.1) is 6.04 Å². The maximum absolute atomic E-state index is 13.3. The van der Waals surface area contributed by atoms with Gasteiger partial charge in [0.1, 0.15) is 0 Å². The molecule has 4 nitrogen and oxygen atoms in total. The average Bonchev–Trinajstić information content (AvgIpc) is 3.24. The van der Waals surface area contributed by atoms with Crippen molar-refractivity contribution in [3.05, 3.63) is 77.9 Å². The largest absolute Gasteiger partial charge is 0.388 e. The van der Waals surface area contributed by atoms with Crippen molar-refractivity contribution in [1.29, 1.82) is 0 Å². The standard InChI is InChI=1S/C23H29N3O/c1-3-15-26(23(27)20-9-5-4-6-10-20)22(18-25-16-7-8-17-25)19-11-13-21(24-2)14-12-19/h4-14,22,24H,3,15-18H2,1-2H3/t22-/m1/s1. The Morgan fingerprint density at radius 1 is 1.07 bits per heavy atom.